The molecule has 0 unspecified atom stereocenters. The molecule has 1 aliphatic heterocycles. The van der Waals surface area contributed by atoms with Crippen LogP contribution < -0.4 is 5.32 Å². The van der Waals surface area contributed by atoms with Crippen molar-refractivity contribution in [2.75, 3.05) is 25.9 Å². The summed E-state index contributed by atoms with van der Waals surface area (Å²) in [5.41, 5.74) is -0.516. The number of piperidine rings is 1. The van der Waals surface area contributed by atoms with Crippen LogP contribution in [0.4, 0.5) is 8.78 Å². The summed E-state index contributed by atoms with van der Waals surface area (Å²) >= 11 is 5.77. The number of pyridine rings is 1. The maximum Gasteiger partial charge on any atom is 0.253 e. The Hall–Kier alpha value is -2.82. The van der Waals surface area contributed by atoms with E-state index in [1.165, 1.54) is 29.4 Å². The summed E-state index contributed by atoms with van der Waals surface area (Å²) in [6, 6.07) is 10.1. The second-order valence-corrected chi connectivity index (χ2v) is 11.0. The Bertz CT molecular complexity index is 1320. The van der Waals surface area contributed by atoms with Gasteiger partial charge < -0.3 is 14.6 Å². The first-order valence-corrected chi connectivity index (χ1v) is 13.2. The highest BCUT2D eigenvalue weighted by molar-refractivity contribution is 7.90. The van der Waals surface area contributed by atoms with E-state index < -0.39 is 21.3 Å². The lowest BCUT2D eigenvalue weighted by atomic mass is 9.92. The van der Waals surface area contributed by atoms with Gasteiger partial charge >= 0.3 is 0 Å². The van der Waals surface area contributed by atoms with Crippen LogP contribution in [0.15, 0.2) is 58.0 Å². The van der Waals surface area contributed by atoms with Crippen LogP contribution >= 0.6 is 11.6 Å². The Kier molecular flexibility index (Phi) is 7.25. The highest BCUT2D eigenvalue weighted by Gasteiger charge is 2.36. The summed E-state index contributed by atoms with van der Waals surface area (Å²) in [6.45, 7) is 0.703. The van der Waals surface area contributed by atoms with Gasteiger partial charge in [0.2, 0.25) is 0 Å². The van der Waals surface area contributed by atoms with Gasteiger partial charge in [-0.05, 0) is 42.5 Å². The van der Waals surface area contributed by atoms with Crippen molar-refractivity contribution < 1.29 is 26.4 Å². The predicted molar refractivity (Wildman–Crippen MR) is 127 cm³/mol. The number of carbonyl (C=O) groups is 1. The number of likely N-dealkylation sites (tertiary alicyclic amines) is 1. The highest BCUT2D eigenvalue weighted by Crippen LogP contribution is 2.29. The van der Waals surface area contributed by atoms with Gasteiger partial charge in [-0.2, -0.15) is 0 Å². The molecule has 35 heavy (non-hydrogen) atoms. The molecule has 186 valence electrons. The van der Waals surface area contributed by atoms with E-state index in [0.29, 0.717) is 11.5 Å². The number of carbonyl (C=O) groups excluding carboxylic acids is 1. The second-order valence-electron chi connectivity index (χ2n) is 8.57. The van der Waals surface area contributed by atoms with E-state index in [0.717, 1.165) is 12.3 Å². The molecule has 0 radical (unpaired) electrons. The van der Waals surface area contributed by atoms with Crippen LogP contribution in [0.5, 0.6) is 0 Å². The highest BCUT2D eigenvalue weighted by atomic mass is 35.5. The molecule has 0 aliphatic carbocycles. The van der Waals surface area contributed by atoms with Crippen LogP contribution in [0.1, 0.15) is 28.9 Å². The number of benzene rings is 1. The van der Waals surface area contributed by atoms with Gasteiger partial charge in [0.05, 0.1) is 21.9 Å². The lowest BCUT2D eigenvalue weighted by molar-refractivity contribution is 0.0434. The Morgan fingerprint density at radius 3 is 2.60 bits per heavy atom. The topological polar surface area (TPSA) is 92.5 Å². The monoisotopic (exact) mass is 523 g/mol. The summed E-state index contributed by atoms with van der Waals surface area (Å²) < 4.78 is 58.3. The number of rotatable bonds is 7. The van der Waals surface area contributed by atoms with E-state index in [9.17, 15) is 17.6 Å². The molecule has 1 N–H and O–H groups in total. The van der Waals surface area contributed by atoms with Crippen molar-refractivity contribution in [2.45, 2.75) is 30.0 Å². The number of aromatic nitrogens is 1. The molecule has 1 aliphatic rings. The van der Waals surface area contributed by atoms with Crippen molar-refractivity contribution in [2.24, 2.45) is 0 Å². The average Bonchev–Trinajstić information content (AvgIpc) is 3.35. The standard InChI is InChI=1S/C24H24ClF2N3O4S/c1-35(32,33)21-7-5-17(29-22(21)20-3-2-12-34-20)14-28-15-24(27)8-10-30(11-9-24)23(31)16-4-6-19(26)18(25)13-16/h2-7,12-13,28H,8-11,14-15H2,1H3. The number of nitrogens with one attached hydrogen (secondary N) is 1. The van der Waals surface area contributed by atoms with E-state index in [-0.39, 0.29) is 66.1 Å². The summed E-state index contributed by atoms with van der Waals surface area (Å²) in [5, 5.41) is 2.92. The quantitative estimate of drug-likeness (QED) is 0.497. The molecule has 7 nitrogen and oxygen atoms in total. The predicted octanol–water partition coefficient (Wildman–Crippen LogP) is 4.27. The Balaban J connectivity index is 1.35. The summed E-state index contributed by atoms with van der Waals surface area (Å²) in [6.07, 6.45) is 2.81. The number of hydrogen-bond donors (Lipinski definition) is 1. The normalized spacial score (nSPS) is 15.8. The second kappa shape index (κ2) is 10.0. The minimum atomic E-state index is -3.52. The van der Waals surface area contributed by atoms with Crippen molar-refractivity contribution in [3.63, 3.8) is 0 Å². The van der Waals surface area contributed by atoms with E-state index >= 15 is 4.39 Å². The van der Waals surface area contributed by atoms with Crippen molar-refractivity contribution in [1.29, 1.82) is 0 Å². The number of hydrogen-bond acceptors (Lipinski definition) is 6. The summed E-state index contributed by atoms with van der Waals surface area (Å²) in [7, 11) is -3.52. The SMILES string of the molecule is CS(=O)(=O)c1ccc(CNCC2(F)CCN(C(=O)c3ccc(F)c(Cl)c3)CC2)nc1-c1ccco1. The minimum Gasteiger partial charge on any atom is -0.463 e. The molecule has 0 saturated carbocycles. The molecular weight excluding hydrogens is 500 g/mol. The van der Waals surface area contributed by atoms with Gasteiger partial charge in [-0.1, -0.05) is 11.6 Å². The molecule has 1 amide bonds. The van der Waals surface area contributed by atoms with Crippen LogP contribution in [-0.2, 0) is 16.4 Å². The zero-order valence-corrected chi connectivity index (χ0v) is 20.5. The van der Waals surface area contributed by atoms with Crippen molar-refractivity contribution in [3.8, 4) is 11.5 Å². The van der Waals surface area contributed by atoms with Crippen molar-refractivity contribution in [1.82, 2.24) is 15.2 Å². The first-order chi connectivity index (χ1) is 16.6. The van der Waals surface area contributed by atoms with E-state index in [1.807, 2.05) is 0 Å². The van der Waals surface area contributed by atoms with Gasteiger partial charge in [0, 0.05) is 50.8 Å². The fourth-order valence-corrected chi connectivity index (χ4v) is 4.98. The van der Waals surface area contributed by atoms with E-state index in [1.54, 1.807) is 18.2 Å². The third-order valence-corrected chi connectivity index (χ3v) is 7.35. The number of furan rings is 1. The Morgan fingerprint density at radius 1 is 1.23 bits per heavy atom. The molecule has 0 bridgehead atoms. The van der Waals surface area contributed by atoms with Crippen LogP contribution in [-0.4, -0.2) is 55.8 Å². The number of halogens is 3. The van der Waals surface area contributed by atoms with Gasteiger partial charge in [-0.25, -0.2) is 22.2 Å². The molecule has 0 atom stereocenters. The third-order valence-electron chi connectivity index (χ3n) is 5.93. The first-order valence-electron chi connectivity index (χ1n) is 10.9. The average molecular weight is 524 g/mol. The fourth-order valence-electron chi connectivity index (χ4n) is 3.99. The molecule has 1 saturated heterocycles. The number of nitrogens with zero attached hydrogens (tertiary/aromatic N) is 2. The molecule has 2 aromatic heterocycles. The lowest BCUT2D eigenvalue weighted by Crippen LogP contribution is -2.48. The van der Waals surface area contributed by atoms with Crippen LogP contribution in [0.2, 0.25) is 5.02 Å². The molecule has 3 aromatic rings. The zero-order chi connectivity index (χ0) is 25.2. The lowest BCUT2D eigenvalue weighted by Gasteiger charge is -2.36. The van der Waals surface area contributed by atoms with Gasteiger partial charge in [-0.15, -0.1) is 0 Å². The van der Waals surface area contributed by atoms with E-state index in [4.69, 9.17) is 16.0 Å². The minimum absolute atomic E-state index is 0.0446. The zero-order valence-electron chi connectivity index (χ0n) is 18.9. The number of amides is 1. The molecular formula is C24H24ClF2N3O4S. The van der Waals surface area contributed by atoms with E-state index in [2.05, 4.69) is 10.3 Å². The molecule has 1 fully saturated rings. The molecule has 11 heteroatoms. The first kappa shape index (κ1) is 25.3. The van der Waals surface area contributed by atoms with Crippen molar-refractivity contribution >= 4 is 27.3 Å². The fraction of sp³-hybridized carbons (Fsp3) is 0.333. The van der Waals surface area contributed by atoms with Gasteiger partial charge in [0.25, 0.3) is 5.91 Å². The maximum absolute atomic E-state index is 15.4. The smallest absolute Gasteiger partial charge is 0.253 e. The van der Waals surface area contributed by atoms with Crippen LogP contribution in [0.25, 0.3) is 11.5 Å². The largest absolute Gasteiger partial charge is 0.463 e. The summed E-state index contributed by atoms with van der Waals surface area (Å²) in [4.78, 5) is 18.7. The van der Waals surface area contributed by atoms with Gasteiger partial charge in [0.15, 0.2) is 15.6 Å². The molecule has 1 aromatic carbocycles. The molecule has 4 rings (SSSR count). The van der Waals surface area contributed by atoms with Crippen molar-refractivity contribution in [3.05, 3.63) is 70.8 Å². The third kappa shape index (κ3) is 5.88. The Labute approximate surface area is 207 Å². The van der Waals surface area contributed by atoms with Gasteiger partial charge in [0.1, 0.15) is 17.2 Å². The summed E-state index contributed by atoms with van der Waals surface area (Å²) in [5.74, 6) is -0.594. The van der Waals surface area contributed by atoms with Gasteiger partial charge in [-0.3, -0.25) is 4.79 Å². The molecule has 0 spiro atoms. The van der Waals surface area contributed by atoms with Crippen LogP contribution in [0.3, 0.4) is 0 Å². The number of sulfone groups is 1. The number of alkyl halides is 1. The maximum atomic E-state index is 15.4. The Morgan fingerprint density at radius 2 is 1.97 bits per heavy atom. The molecule has 3 heterocycles. The van der Waals surface area contributed by atoms with Crippen LogP contribution in [0, 0.1) is 5.82 Å².